The van der Waals surface area contributed by atoms with Crippen molar-refractivity contribution in [2.45, 2.75) is 58.1 Å². The van der Waals surface area contributed by atoms with Crippen LogP contribution in [0.1, 0.15) is 57.7 Å². The molecule has 0 aromatic carbocycles. The Balaban J connectivity index is 1.63. The second-order valence-electron chi connectivity index (χ2n) is 7.34. The number of H-pyrrole nitrogens is 1. The van der Waals surface area contributed by atoms with Crippen molar-refractivity contribution in [1.29, 1.82) is 0 Å². The van der Waals surface area contributed by atoms with Crippen LogP contribution in [0.25, 0.3) is 0 Å². The number of amides is 1. The normalized spacial score (nSPS) is 27.6. The molecule has 2 aliphatic rings. The summed E-state index contributed by atoms with van der Waals surface area (Å²) >= 11 is 0. The number of hydrogen-bond donors (Lipinski definition) is 1. The summed E-state index contributed by atoms with van der Waals surface area (Å²) in [6, 6.07) is 3.21. The first-order chi connectivity index (χ1) is 11.5. The van der Waals surface area contributed by atoms with Gasteiger partial charge in [0, 0.05) is 25.6 Å². The van der Waals surface area contributed by atoms with Crippen LogP contribution in [0.4, 0.5) is 0 Å². The molecule has 6 nitrogen and oxygen atoms in total. The number of aromatic amines is 1. The highest BCUT2D eigenvalue weighted by atomic mass is 16.5. The van der Waals surface area contributed by atoms with Crippen molar-refractivity contribution < 1.29 is 9.53 Å². The first kappa shape index (κ1) is 17.1. The summed E-state index contributed by atoms with van der Waals surface area (Å²) in [6.07, 6.45) is 4.69. The van der Waals surface area contributed by atoms with Crippen molar-refractivity contribution >= 4 is 5.91 Å². The maximum Gasteiger partial charge on any atom is 0.264 e. The van der Waals surface area contributed by atoms with Crippen LogP contribution in [-0.4, -0.2) is 40.3 Å². The summed E-state index contributed by atoms with van der Waals surface area (Å²) in [5, 5.41) is 6.60. The minimum atomic E-state index is -0.212. The monoisotopic (exact) mass is 333 g/mol. The molecule has 1 aromatic rings. The molecule has 0 radical (unpaired) electrons. The molecule has 2 fully saturated rings. The van der Waals surface area contributed by atoms with Gasteiger partial charge in [0.2, 0.25) is 5.91 Å². The Hall–Kier alpha value is -1.69. The fourth-order valence-corrected chi connectivity index (χ4v) is 3.83. The van der Waals surface area contributed by atoms with Gasteiger partial charge in [-0.15, -0.1) is 0 Å². The second kappa shape index (κ2) is 7.47. The second-order valence-corrected chi connectivity index (χ2v) is 7.34. The molecule has 132 valence electrons. The smallest absolute Gasteiger partial charge is 0.264 e. The summed E-state index contributed by atoms with van der Waals surface area (Å²) < 4.78 is 5.81. The van der Waals surface area contributed by atoms with Crippen molar-refractivity contribution in [1.82, 2.24) is 15.1 Å². The quantitative estimate of drug-likeness (QED) is 0.917. The Morgan fingerprint density at radius 3 is 2.96 bits per heavy atom. The average Bonchev–Trinajstić information content (AvgIpc) is 3.05. The van der Waals surface area contributed by atoms with Crippen LogP contribution < -0.4 is 5.56 Å². The number of rotatable bonds is 4. The maximum absolute atomic E-state index is 12.8. The molecular formula is C18H27N3O3. The summed E-state index contributed by atoms with van der Waals surface area (Å²) in [5.41, 5.74) is 0.573. The van der Waals surface area contributed by atoms with E-state index in [2.05, 4.69) is 24.0 Å². The van der Waals surface area contributed by atoms with E-state index in [1.54, 1.807) is 6.07 Å². The summed E-state index contributed by atoms with van der Waals surface area (Å²) in [7, 11) is 0. The van der Waals surface area contributed by atoms with Gasteiger partial charge in [-0.1, -0.05) is 13.8 Å². The number of nitrogens with zero attached hydrogens (tertiary/aromatic N) is 2. The lowest BCUT2D eigenvalue weighted by Gasteiger charge is -2.33. The third-order valence-corrected chi connectivity index (χ3v) is 5.25. The predicted octanol–water partition coefficient (Wildman–Crippen LogP) is 2.27. The fourth-order valence-electron chi connectivity index (χ4n) is 3.83. The van der Waals surface area contributed by atoms with Crippen LogP contribution >= 0.6 is 0 Å². The Bertz CT molecular complexity index is 608. The van der Waals surface area contributed by atoms with E-state index in [0.29, 0.717) is 18.3 Å². The van der Waals surface area contributed by atoms with Gasteiger partial charge in [-0.3, -0.25) is 9.59 Å². The number of likely N-dealkylation sites (tertiary alicyclic amines) is 1. The number of hydrogen-bond acceptors (Lipinski definition) is 4. The number of ether oxygens (including phenoxy) is 1. The lowest BCUT2D eigenvalue weighted by atomic mass is 9.87. The van der Waals surface area contributed by atoms with E-state index in [-0.39, 0.29) is 23.6 Å². The Kier molecular flexibility index (Phi) is 5.33. The number of carbonyl (C=O) groups is 1. The molecule has 3 heterocycles. The van der Waals surface area contributed by atoms with Crippen molar-refractivity contribution in [2.75, 3.05) is 13.2 Å². The van der Waals surface area contributed by atoms with Gasteiger partial charge in [0.1, 0.15) is 0 Å². The highest BCUT2D eigenvalue weighted by Crippen LogP contribution is 2.33. The van der Waals surface area contributed by atoms with Crippen LogP contribution in [-0.2, 0) is 9.53 Å². The van der Waals surface area contributed by atoms with Gasteiger partial charge in [0.05, 0.1) is 17.8 Å². The number of nitrogens with one attached hydrogen (secondary N) is 1. The van der Waals surface area contributed by atoms with Crippen LogP contribution in [0, 0.1) is 11.8 Å². The highest BCUT2D eigenvalue weighted by Gasteiger charge is 2.33. The molecule has 2 saturated heterocycles. The van der Waals surface area contributed by atoms with E-state index in [1.165, 1.54) is 6.07 Å². The molecule has 3 unspecified atom stereocenters. The van der Waals surface area contributed by atoms with Gasteiger partial charge < -0.3 is 9.64 Å². The zero-order valence-electron chi connectivity index (χ0n) is 14.5. The zero-order chi connectivity index (χ0) is 17.1. The van der Waals surface area contributed by atoms with Gasteiger partial charge in [0.25, 0.3) is 5.56 Å². The standard InChI is InChI=1S/C18H27N3O3/c1-12(2)16-10-13(7-9-24-16)11-18(23)21-8-3-4-15(21)14-5-6-17(22)20-19-14/h5-6,12-13,15-16H,3-4,7-11H2,1-2H3,(H,20,22). The Morgan fingerprint density at radius 2 is 2.25 bits per heavy atom. The molecular weight excluding hydrogens is 306 g/mol. The first-order valence-corrected chi connectivity index (χ1v) is 9.01. The molecule has 1 aromatic heterocycles. The van der Waals surface area contributed by atoms with Crippen LogP contribution in [0.5, 0.6) is 0 Å². The minimum absolute atomic E-state index is 0.00455. The van der Waals surface area contributed by atoms with E-state index >= 15 is 0 Å². The molecule has 0 aliphatic carbocycles. The molecule has 1 amide bonds. The first-order valence-electron chi connectivity index (χ1n) is 9.01. The Morgan fingerprint density at radius 1 is 1.42 bits per heavy atom. The molecule has 0 bridgehead atoms. The van der Waals surface area contributed by atoms with Gasteiger partial charge in [0.15, 0.2) is 0 Å². The lowest BCUT2D eigenvalue weighted by molar-refractivity contribution is -0.134. The zero-order valence-corrected chi connectivity index (χ0v) is 14.5. The molecule has 2 aliphatic heterocycles. The molecule has 6 heteroatoms. The highest BCUT2D eigenvalue weighted by molar-refractivity contribution is 5.77. The molecule has 24 heavy (non-hydrogen) atoms. The van der Waals surface area contributed by atoms with E-state index in [4.69, 9.17) is 4.74 Å². The summed E-state index contributed by atoms with van der Waals surface area (Å²) in [5.74, 6) is 1.11. The molecule has 1 N–H and O–H groups in total. The van der Waals surface area contributed by atoms with E-state index in [0.717, 1.165) is 44.5 Å². The van der Waals surface area contributed by atoms with Crippen LogP contribution in [0.3, 0.4) is 0 Å². The van der Waals surface area contributed by atoms with Gasteiger partial charge in [-0.05, 0) is 43.6 Å². The Labute approximate surface area is 142 Å². The summed E-state index contributed by atoms with van der Waals surface area (Å²) in [4.78, 5) is 26.0. The maximum atomic E-state index is 12.8. The lowest BCUT2D eigenvalue weighted by Crippen LogP contribution is -2.36. The SMILES string of the molecule is CC(C)C1CC(CC(=O)N2CCCC2c2ccc(=O)[nH]n2)CCO1. The van der Waals surface area contributed by atoms with Crippen molar-refractivity contribution in [3.8, 4) is 0 Å². The fraction of sp³-hybridized carbons (Fsp3) is 0.722. The number of aromatic nitrogens is 2. The van der Waals surface area contributed by atoms with Gasteiger partial charge in [-0.25, -0.2) is 5.10 Å². The van der Waals surface area contributed by atoms with E-state index in [9.17, 15) is 9.59 Å². The van der Waals surface area contributed by atoms with Crippen LogP contribution in [0.2, 0.25) is 0 Å². The van der Waals surface area contributed by atoms with Crippen LogP contribution in [0.15, 0.2) is 16.9 Å². The van der Waals surface area contributed by atoms with Crippen molar-refractivity contribution in [3.05, 3.63) is 28.2 Å². The molecule has 0 spiro atoms. The third-order valence-electron chi connectivity index (χ3n) is 5.25. The topological polar surface area (TPSA) is 75.3 Å². The van der Waals surface area contributed by atoms with E-state index < -0.39 is 0 Å². The largest absolute Gasteiger partial charge is 0.378 e. The molecule has 0 saturated carbocycles. The average molecular weight is 333 g/mol. The van der Waals surface area contributed by atoms with Gasteiger partial charge >= 0.3 is 0 Å². The number of carbonyl (C=O) groups excluding carboxylic acids is 1. The minimum Gasteiger partial charge on any atom is -0.378 e. The molecule has 3 atom stereocenters. The third kappa shape index (κ3) is 3.86. The van der Waals surface area contributed by atoms with Crippen molar-refractivity contribution in [3.63, 3.8) is 0 Å². The van der Waals surface area contributed by atoms with Crippen molar-refractivity contribution in [2.24, 2.45) is 11.8 Å². The predicted molar refractivity (Wildman–Crippen MR) is 90.5 cm³/mol. The summed E-state index contributed by atoms with van der Waals surface area (Å²) in [6.45, 7) is 5.88. The van der Waals surface area contributed by atoms with Gasteiger partial charge in [-0.2, -0.15) is 5.10 Å². The molecule has 3 rings (SSSR count). The van der Waals surface area contributed by atoms with E-state index in [1.807, 2.05) is 4.90 Å².